The van der Waals surface area contributed by atoms with Gasteiger partial charge in [0.1, 0.15) is 4.60 Å². The minimum atomic E-state index is -0.801. The number of anilines is 1. The Hall–Kier alpha value is -1.82. The van der Waals surface area contributed by atoms with Gasteiger partial charge in [0.2, 0.25) is 5.95 Å². The third-order valence-corrected chi connectivity index (χ3v) is 2.64. The van der Waals surface area contributed by atoms with E-state index in [9.17, 15) is 9.18 Å². The first-order chi connectivity index (χ1) is 8.18. The zero-order valence-electron chi connectivity index (χ0n) is 8.52. The summed E-state index contributed by atoms with van der Waals surface area (Å²) in [4.78, 5) is 19.1. The van der Waals surface area contributed by atoms with Crippen LogP contribution in [0.15, 0.2) is 41.3 Å². The molecule has 2 rings (SSSR count). The number of carbonyl (C=O) groups is 1. The van der Waals surface area contributed by atoms with Gasteiger partial charge < -0.3 is 5.32 Å². The summed E-state index contributed by atoms with van der Waals surface area (Å²) in [7, 11) is 0. The van der Waals surface area contributed by atoms with E-state index >= 15 is 0 Å². The fourth-order valence-electron chi connectivity index (χ4n) is 1.22. The maximum atomic E-state index is 13.2. The molecule has 0 atom stereocenters. The Labute approximate surface area is 105 Å². The molecule has 0 aliphatic heterocycles. The van der Waals surface area contributed by atoms with Crippen molar-refractivity contribution in [3.63, 3.8) is 0 Å². The summed E-state index contributed by atoms with van der Waals surface area (Å²) in [5, 5.41) is 2.54. The normalized spacial score (nSPS) is 10.0. The Morgan fingerprint density at radius 2 is 1.94 bits per heavy atom. The molecule has 0 fully saturated rings. The highest BCUT2D eigenvalue weighted by Gasteiger charge is 2.13. The second-order valence-electron chi connectivity index (χ2n) is 3.14. The summed E-state index contributed by atoms with van der Waals surface area (Å²) in [5.74, 6) is -1.37. The summed E-state index contributed by atoms with van der Waals surface area (Å²) in [6.45, 7) is 0. The zero-order valence-corrected chi connectivity index (χ0v) is 10.1. The predicted octanol–water partition coefficient (Wildman–Crippen LogP) is 2.63. The lowest BCUT2D eigenvalue weighted by Crippen LogP contribution is -2.14. The van der Waals surface area contributed by atoms with E-state index < -0.39 is 11.9 Å². The number of rotatable bonds is 2. The molecular formula is C11H7BrFN3O. The Bertz CT molecular complexity index is 562. The molecule has 2 heterocycles. The van der Waals surface area contributed by atoms with Crippen molar-refractivity contribution in [1.82, 2.24) is 9.97 Å². The van der Waals surface area contributed by atoms with Crippen molar-refractivity contribution in [2.75, 3.05) is 5.32 Å². The van der Waals surface area contributed by atoms with Crippen molar-refractivity contribution in [2.24, 2.45) is 0 Å². The fraction of sp³-hybridized carbons (Fsp3) is 0. The summed E-state index contributed by atoms with van der Waals surface area (Å²) in [6, 6.07) is 6.18. The molecule has 1 amide bonds. The van der Waals surface area contributed by atoms with Crippen molar-refractivity contribution in [3.8, 4) is 0 Å². The number of amides is 1. The van der Waals surface area contributed by atoms with Gasteiger partial charge in [-0.1, -0.05) is 0 Å². The van der Waals surface area contributed by atoms with E-state index in [-0.39, 0.29) is 5.56 Å². The van der Waals surface area contributed by atoms with Gasteiger partial charge in [-0.2, -0.15) is 4.39 Å². The highest BCUT2D eigenvalue weighted by Crippen LogP contribution is 2.19. The van der Waals surface area contributed by atoms with E-state index in [1.165, 1.54) is 18.3 Å². The Morgan fingerprint density at radius 1 is 1.24 bits per heavy atom. The third-order valence-electron chi connectivity index (χ3n) is 2.01. The number of hydrogen-bond donors (Lipinski definition) is 1. The Kier molecular flexibility index (Phi) is 3.43. The van der Waals surface area contributed by atoms with Crippen LogP contribution in [0.5, 0.6) is 0 Å². The molecule has 0 aliphatic carbocycles. The van der Waals surface area contributed by atoms with Crippen LogP contribution in [0.4, 0.5) is 10.1 Å². The van der Waals surface area contributed by atoms with Gasteiger partial charge in [0.05, 0.1) is 11.3 Å². The van der Waals surface area contributed by atoms with E-state index in [4.69, 9.17) is 0 Å². The third kappa shape index (κ3) is 2.65. The second kappa shape index (κ2) is 5.01. The monoisotopic (exact) mass is 295 g/mol. The van der Waals surface area contributed by atoms with Crippen LogP contribution in [0.1, 0.15) is 10.4 Å². The smallest absolute Gasteiger partial charge is 0.260 e. The molecule has 0 saturated carbocycles. The quantitative estimate of drug-likeness (QED) is 0.867. The molecule has 2 aromatic rings. The van der Waals surface area contributed by atoms with Crippen molar-refractivity contribution in [1.29, 1.82) is 0 Å². The van der Waals surface area contributed by atoms with Gasteiger partial charge >= 0.3 is 0 Å². The minimum Gasteiger partial charge on any atom is -0.319 e. The molecule has 0 aromatic carbocycles. The summed E-state index contributed by atoms with van der Waals surface area (Å²) < 4.78 is 13.7. The molecule has 0 unspecified atom stereocenters. The lowest BCUT2D eigenvalue weighted by Gasteiger charge is -2.06. The van der Waals surface area contributed by atoms with Gasteiger partial charge in [-0.15, -0.1) is 0 Å². The topological polar surface area (TPSA) is 54.9 Å². The Morgan fingerprint density at radius 3 is 2.65 bits per heavy atom. The lowest BCUT2D eigenvalue weighted by molar-refractivity contribution is 0.102. The number of nitrogens with one attached hydrogen (secondary N) is 1. The Balaban J connectivity index is 2.24. The van der Waals surface area contributed by atoms with Gasteiger partial charge in [0.15, 0.2) is 0 Å². The van der Waals surface area contributed by atoms with Gasteiger partial charge in [0.25, 0.3) is 5.91 Å². The molecule has 0 radical (unpaired) electrons. The van der Waals surface area contributed by atoms with E-state index in [0.717, 1.165) is 0 Å². The zero-order chi connectivity index (χ0) is 12.3. The average molecular weight is 296 g/mol. The van der Waals surface area contributed by atoms with Gasteiger partial charge in [-0.05, 0) is 40.2 Å². The van der Waals surface area contributed by atoms with Crippen LogP contribution in [0, 0.1) is 5.95 Å². The molecule has 0 saturated heterocycles. The largest absolute Gasteiger partial charge is 0.319 e. The maximum Gasteiger partial charge on any atom is 0.260 e. The minimum absolute atomic E-state index is 0.108. The maximum absolute atomic E-state index is 13.2. The first-order valence-electron chi connectivity index (χ1n) is 4.71. The lowest BCUT2D eigenvalue weighted by atomic mass is 10.2. The fourth-order valence-corrected chi connectivity index (χ4v) is 1.57. The van der Waals surface area contributed by atoms with Crippen LogP contribution in [0.2, 0.25) is 0 Å². The molecule has 2 aromatic heterocycles. The summed E-state index contributed by atoms with van der Waals surface area (Å²) >= 11 is 3.18. The SMILES string of the molecule is O=C(Nc1cccnc1Br)c1cccnc1F. The standard InChI is InChI=1S/C11H7BrFN3O/c12-9-8(4-2-5-14-9)16-11(17)7-3-1-6-15-10(7)13/h1-6H,(H,16,17). The van der Waals surface area contributed by atoms with Gasteiger partial charge in [0, 0.05) is 12.4 Å². The molecular weight excluding hydrogens is 289 g/mol. The summed E-state index contributed by atoms with van der Waals surface area (Å²) in [6.07, 6.45) is 2.86. The number of pyridine rings is 2. The molecule has 17 heavy (non-hydrogen) atoms. The van der Waals surface area contributed by atoms with E-state index in [1.807, 2.05) is 0 Å². The van der Waals surface area contributed by atoms with Crippen LogP contribution < -0.4 is 5.32 Å². The molecule has 0 bridgehead atoms. The molecule has 6 heteroatoms. The van der Waals surface area contributed by atoms with Crippen LogP contribution in [0.25, 0.3) is 0 Å². The highest BCUT2D eigenvalue weighted by molar-refractivity contribution is 9.10. The van der Waals surface area contributed by atoms with Crippen molar-refractivity contribution in [3.05, 3.63) is 52.8 Å². The number of hydrogen-bond acceptors (Lipinski definition) is 3. The van der Waals surface area contributed by atoms with Gasteiger partial charge in [-0.3, -0.25) is 4.79 Å². The van der Waals surface area contributed by atoms with Gasteiger partial charge in [-0.25, -0.2) is 9.97 Å². The average Bonchev–Trinajstić information content (AvgIpc) is 2.32. The number of nitrogens with zero attached hydrogens (tertiary/aromatic N) is 2. The van der Waals surface area contributed by atoms with Crippen LogP contribution in [-0.4, -0.2) is 15.9 Å². The summed E-state index contributed by atoms with van der Waals surface area (Å²) in [5.41, 5.74) is 0.365. The first kappa shape index (κ1) is 11.7. The van der Waals surface area contributed by atoms with Crippen LogP contribution in [0.3, 0.4) is 0 Å². The van der Waals surface area contributed by atoms with Crippen molar-refractivity contribution >= 4 is 27.5 Å². The molecule has 86 valence electrons. The number of aromatic nitrogens is 2. The van der Waals surface area contributed by atoms with E-state index in [0.29, 0.717) is 10.3 Å². The number of halogens is 2. The predicted molar refractivity (Wildman–Crippen MR) is 64.1 cm³/mol. The van der Waals surface area contributed by atoms with E-state index in [1.54, 1.807) is 18.3 Å². The molecule has 0 aliphatic rings. The second-order valence-corrected chi connectivity index (χ2v) is 3.89. The van der Waals surface area contributed by atoms with Crippen LogP contribution >= 0.6 is 15.9 Å². The van der Waals surface area contributed by atoms with Crippen LogP contribution in [-0.2, 0) is 0 Å². The molecule has 4 nitrogen and oxygen atoms in total. The van der Waals surface area contributed by atoms with Crippen molar-refractivity contribution in [2.45, 2.75) is 0 Å². The van der Waals surface area contributed by atoms with Crippen molar-refractivity contribution < 1.29 is 9.18 Å². The first-order valence-corrected chi connectivity index (χ1v) is 5.50. The molecule has 0 spiro atoms. The number of carbonyl (C=O) groups excluding carboxylic acids is 1. The highest BCUT2D eigenvalue weighted by atomic mass is 79.9. The van der Waals surface area contributed by atoms with E-state index in [2.05, 4.69) is 31.2 Å². The molecule has 1 N–H and O–H groups in total.